The van der Waals surface area contributed by atoms with Gasteiger partial charge in [0, 0.05) is 37.7 Å². The summed E-state index contributed by atoms with van der Waals surface area (Å²) in [6.07, 6.45) is -0.166. The van der Waals surface area contributed by atoms with Gasteiger partial charge in [-0.3, -0.25) is 9.80 Å². The van der Waals surface area contributed by atoms with Gasteiger partial charge in [-0.25, -0.2) is 9.59 Å². The van der Waals surface area contributed by atoms with Crippen molar-refractivity contribution in [3.8, 4) is 11.5 Å². The number of piperazine rings is 1. The van der Waals surface area contributed by atoms with E-state index in [-0.39, 0.29) is 41.3 Å². The second-order valence-electron chi connectivity index (χ2n) is 13.3. The van der Waals surface area contributed by atoms with Crippen molar-refractivity contribution in [3.05, 3.63) is 154 Å². The summed E-state index contributed by atoms with van der Waals surface area (Å²) in [5, 5.41) is 56.4. The minimum atomic E-state index is -1.35. The van der Waals surface area contributed by atoms with Gasteiger partial charge in [-0.15, -0.1) is 0 Å². The van der Waals surface area contributed by atoms with Crippen LogP contribution in [-0.2, 0) is 11.2 Å². The van der Waals surface area contributed by atoms with E-state index in [1.807, 2.05) is 12.1 Å². The second kappa shape index (κ2) is 18.2. The molecule has 1 atom stereocenters. The van der Waals surface area contributed by atoms with Crippen molar-refractivity contribution in [1.29, 1.82) is 0 Å². The number of halogens is 1. The highest BCUT2D eigenvalue weighted by Crippen LogP contribution is 2.37. The Hall–Kier alpha value is -5.49. The molecule has 1 unspecified atom stereocenters. The molecule has 3 N–H and O–H groups in total. The third-order valence-electron chi connectivity index (χ3n) is 9.88. The Morgan fingerprint density at radius 2 is 1.16 bits per heavy atom. The lowest BCUT2D eigenvalue weighted by Gasteiger charge is -2.39. The summed E-state index contributed by atoms with van der Waals surface area (Å²) in [5.41, 5.74) is 2.14. The molecule has 1 saturated heterocycles. The average Bonchev–Trinajstić information content (AvgIpc) is 3.20. The monoisotopic (exact) mass is 760 g/mol. The smallest absolute Gasteiger partial charge is 0.335 e. The van der Waals surface area contributed by atoms with Crippen LogP contribution in [-0.4, -0.2) is 89.6 Å². The molecule has 1 aliphatic heterocycles. The minimum Gasteiger partial charge on any atom is -0.872 e. The van der Waals surface area contributed by atoms with Gasteiger partial charge in [0.25, 0.3) is 0 Å². The lowest BCUT2D eigenvalue weighted by atomic mass is 9.90. The van der Waals surface area contributed by atoms with Gasteiger partial charge in [-0.05, 0) is 74.5 Å². The first-order chi connectivity index (χ1) is 26.7. The van der Waals surface area contributed by atoms with E-state index in [4.69, 9.17) is 21.4 Å². The third-order valence-corrected chi connectivity index (χ3v) is 10.1. The molecule has 0 aliphatic carbocycles. The van der Waals surface area contributed by atoms with Gasteiger partial charge in [-0.2, -0.15) is 0 Å². The molecule has 0 amide bonds. The highest BCUT2D eigenvalue weighted by molar-refractivity contribution is 6.30. The van der Waals surface area contributed by atoms with Crippen molar-refractivity contribution < 1.29 is 39.9 Å². The predicted molar refractivity (Wildman–Crippen MR) is 209 cm³/mol. The number of nitrogens with zero attached hydrogens (tertiary/aromatic N) is 2. The van der Waals surface area contributed by atoms with Crippen molar-refractivity contribution in [3.63, 3.8) is 0 Å². The first-order valence-corrected chi connectivity index (χ1v) is 18.4. The van der Waals surface area contributed by atoms with Gasteiger partial charge in [0.1, 0.15) is 0 Å². The maximum absolute atomic E-state index is 12.9. The largest absolute Gasteiger partial charge is 0.872 e. The van der Waals surface area contributed by atoms with Crippen LogP contribution in [0.2, 0.25) is 5.02 Å². The Bertz CT molecular complexity index is 2160. The zero-order chi connectivity index (χ0) is 38.9. The Kier molecular flexibility index (Phi) is 13.0. The molecule has 6 aromatic rings. The molecule has 0 saturated carbocycles. The molecule has 284 valence electrons. The number of aliphatic hydroxyl groups is 1. The van der Waals surface area contributed by atoms with Crippen LogP contribution in [0.25, 0.3) is 21.5 Å². The molecule has 6 aromatic carbocycles. The Balaban J connectivity index is 0.000000188. The highest BCUT2D eigenvalue weighted by atomic mass is 35.5. The zero-order valence-electron chi connectivity index (χ0n) is 30.1. The molecule has 0 aromatic heterocycles. The number of aromatic carboxylic acids is 2. The third kappa shape index (κ3) is 9.25. The normalized spacial score (nSPS) is 14.0. The van der Waals surface area contributed by atoms with E-state index in [0.717, 1.165) is 37.7 Å². The summed E-state index contributed by atoms with van der Waals surface area (Å²) in [6, 6.07) is 35.4. The maximum Gasteiger partial charge on any atom is 0.335 e. The Morgan fingerprint density at radius 1 is 0.673 bits per heavy atom. The molecule has 1 heterocycles. The van der Waals surface area contributed by atoms with Crippen LogP contribution in [0.1, 0.15) is 49.0 Å². The second-order valence-corrected chi connectivity index (χ2v) is 13.7. The predicted octanol–water partition coefficient (Wildman–Crippen LogP) is 6.18. The van der Waals surface area contributed by atoms with Crippen LogP contribution in [0, 0.1) is 0 Å². The van der Waals surface area contributed by atoms with Crippen molar-refractivity contribution >= 4 is 45.1 Å². The number of carbonyl (C=O) groups is 2. The SMILES string of the molecule is O=C(O)c1cc2ccccc2c(Cc2c([O-])c(C(=O)O)cc3ccccc23)c1[O-].OCCOCCN1CCN(C(c2ccccc2)c2ccc(Cl)cc2)CC1. The van der Waals surface area contributed by atoms with E-state index in [0.29, 0.717) is 34.8 Å². The van der Waals surface area contributed by atoms with E-state index in [1.54, 1.807) is 48.5 Å². The van der Waals surface area contributed by atoms with Crippen molar-refractivity contribution in [2.45, 2.75) is 12.5 Å². The molecular formula is C44H41ClN2O8-2. The first-order valence-electron chi connectivity index (χ1n) is 18.0. The molecule has 0 spiro atoms. The molecule has 55 heavy (non-hydrogen) atoms. The van der Waals surface area contributed by atoms with Gasteiger partial charge in [0.05, 0.1) is 37.0 Å². The summed E-state index contributed by atoms with van der Waals surface area (Å²) in [4.78, 5) is 28.1. The van der Waals surface area contributed by atoms with Crippen molar-refractivity contribution in [2.24, 2.45) is 0 Å². The van der Waals surface area contributed by atoms with Crippen LogP contribution in [0.3, 0.4) is 0 Å². The fourth-order valence-electron chi connectivity index (χ4n) is 7.15. The van der Waals surface area contributed by atoms with Crippen molar-refractivity contribution in [1.82, 2.24) is 9.80 Å². The summed E-state index contributed by atoms with van der Waals surface area (Å²) >= 11 is 6.09. The van der Waals surface area contributed by atoms with E-state index in [1.165, 1.54) is 23.3 Å². The van der Waals surface area contributed by atoms with E-state index in [2.05, 4.69) is 52.3 Å². The number of rotatable bonds is 12. The number of ether oxygens (including phenoxy) is 1. The van der Waals surface area contributed by atoms with Crippen LogP contribution in [0.4, 0.5) is 0 Å². The van der Waals surface area contributed by atoms with Crippen LogP contribution in [0.15, 0.2) is 115 Å². The summed E-state index contributed by atoms with van der Waals surface area (Å²) in [6.45, 7) is 6.20. The zero-order valence-corrected chi connectivity index (χ0v) is 30.8. The highest BCUT2D eigenvalue weighted by Gasteiger charge is 2.26. The quantitative estimate of drug-likeness (QED) is 0.123. The average molecular weight is 761 g/mol. The molecular weight excluding hydrogens is 720 g/mol. The number of carboxylic acids is 2. The van der Waals surface area contributed by atoms with Gasteiger partial charge in [0.2, 0.25) is 0 Å². The van der Waals surface area contributed by atoms with Crippen LogP contribution >= 0.6 is 11.6 Å². The fourth-order valence-corrected chi connectivity index (χ4v) is 7.28. The number of hydrogen-bond donors (Lipinski definition) is 3. The number of hydrogen-bond acceptors (Lipinski definition) is 8. The molecule has 0 bridgehead atoms. The lowest BCUT2D eigenvalue weighted by molar-refractivity contribution is -0.270. The van der Waals surface area contributed by atoms with Gasteiger partial charge in [0.15, 0.2) is 0 Å². The van der Waals surface area contributed by atoms with Crippen molar-refractivity contribution in [2.75, 3.05) is 52.5 Å². The minimum absolute atomic E-state index is 0.0909. The molecule has 0 radical (unpaired) electrons. The summed E-state index contributed by atoms with van der Waals surface area (Å²) in [7, 11) is 0. The number of benzene rings is 6. The van der Waals surface area contributed by atoms with E-state index < -0.39 is 23.4 Å². The first kappa shape index (κ1) is 39.2. The topological polar surface area (TPSA) is 157 Å². The Morgan fingerprint density at radius 3 is 1.67 bits per heavy atom. The summed E-state index contributed by atoms with van der Waals surface area (Å²) in [5.74, 6) is -4.07. The molecule has 1 fully saturated rings. The number of carboxylic acid groups (broad SMARTS) is 2. The standard InChI is InChI=1S/C23H16O6.C21H27ClN2O2/c24-20-16(14-7-3-1-5-12(14)9-18(20)22(26)27)11-17-15-8-4-2-6-13(15)10-19(21(17)25)23(28)29;22-20-8-6-19(7-9-20)21(18-4-2-1-3-5-18)24-12-10-23(11-13-24)14-16-26-17-15-25/h1-10,24-25H,11H2,(H,26,27)(H,28,29);1-9,21,25H,10-17H2/p-2. The molecule has 7 rings (SSSR count). The Labute approximate surface area is 324 Å². The number of fused-ring (bicyclic) bond motifs is 2. The van der Waals surface area contributed by atoms with Crippen LogP contribution < -0.4 is 10.2 Å². The maximum atomic E-state index is 12.9. The van der Waals surface area contributed by atoms with Gasteiger partial charge >= 0.3 is 11.9 Å². The number of aliphatic hydroxyl groups excluding tert-OH is 1. The molecule has 1 aliphatic rings. The van der Waals surface area contributed by atoms with Gasteiger partial charge < -0.3 is 30.3 Å². The van der Waals surface area contributed by atoms with E-state index >= 15 is 0 Å². The lowest BCUT2D eigenvalue weighted by Crippen LogP contribution is -2.48. The molecule has 11 heteroatoms. The van der Waals surface area contributed by atoms with Crippen LogP contribution in [0.5, 0.6) is 11.5 Å². The fraction of sp³-hybridized carbons (Fsp3) is 0.227. The summed E-state index contributed by atoms with van der Waals surface area (Å²) < 4.78 is 5.39. The molecule has 10 nitrogen and oxygen atoms in total. The van der Waals surface area contributed by atoms with Gasteiger partial charge in [-0.1, -0.05) is 114 Å². The van der Waals surface area contributed by atoms with E-state index in [9.17, 15) is 30.0 Å².